The normalized spacial score (nSPS) is 15.3. The topological polar surface area (TPSA) is 91.3 Å². The van der Waals surface area contributed by atoms with Crippen molar-refractivity contribution in [2.75, 3.05) is 36.4 Å². The second-order valence-corrected chi connectivity index (χ2v) is 10.8. The molecule has 8 nitrogen and oxygen atoms in total. The van der Waals surface area contributed by atoms with Crippen molar-refractivity contribution in [1.29, 1.82) is 0 Å². The lowest BCUT2D eigenvalue weighted by Gasteiger charge is -2.34. The van der Waals surface area contributed by atoms with Crippen LogP contribution < -0.4 is 10.2 Å². The minimum atomic E-state index is -3.45. The maximum atomic E-state index is 13.0. The fourth-order valence-corrected chi connectivity index (χ4v) is 6.36. The van der Waals surface area contributed by atoms with E-state index in [0.717, 1.165) is 28.5 Å². The number of piperazine rings is 1. The Bertz CT molecular complexity index is 1170. The van der Waals surface area contributed by atoms with Crippen molar-refractivity contribution in [3.8, 4) is 0 Å². The molecule has 0 bridgehead atoms. The minimum Gasteiger partial charge on any atom is -0.354 e. The predicted octanol–water partition coefficient (Wildman–Crippen LogP) is 3.37. The average Bonchev–Trinajstić information content (AvgIpc) is 3.24. The van der Waals surface area contributed by atoms with E-state index in [4.69, 9.17) is 0 Å². The number of aromatic nitrogens is 3. The van der Waals surface area contributed by atoms with Crippen LogP contribution in [0.15, 0.2) is 40.7 Å². The smallest absolute Gasteiger partial charge is 0.252 e. The first-order chi connectivity index (χ1) is 14.8. The molecule has 164 valence electrons. The molecule has 1 aliphatic rings. The average molecular weight is 459 g/mol. The molecule has 31 heavy (non-hydrogen) atoms. The number of hydrogen-bond donors (Lipinski definition) is 1. The molecule has 0 spiro atoms. The van der Waals surface area contributed by atoms with E-state index in [9.17, 15) is 8.42 Å². The van der Waals surface area contributed by atoms with Crippen LogP contribution in [0.1, 0.15) is 23.2 Å². The van der Waals surface area contributed by atoms with Gasteiger partial charge in [0.15, 0.2) is 0 Å². The summed E-state index contributed by atoms with van der Waals surface area (Å²) in [5.41, 5.74) is 1.11. The summed E-state index contributed by atoms with van der Waals surface area (Å²) in [6.45, 7) is 7.88. The number of nitrogens with zero attached hydrogens (tertiary/aromatic N) is 5. The lowest BCUT2D eigenvalue weighted by molar-refractivity contribution is 0.384. The number of pyridine rings is 1. The molecule has 0 aliphatic carbocycles. The van der Waals surface area contributed by atoms with Crippen molar-refractivity contribution in [2.45, 2.75) is 31.4 Å². The number of sulfonamides is 1. The summed E-state index contributed by atoms with van der Waals surface area (Å²) in [5.74, 6) is 2.82. The highest BCUT2D eigenvalue weighted by molar-refractivity contribution is 7.91. The SMILES string of the molecule is CCc1ccc(S(=O)(=O)N2CCN(c3cc(Nc4cc(C)ccn4)nc(C)n3)CC2)s1. The molecular formula is C21H26N6O2S2. The zero-order valence-corrected chi connectivity index (χ0v) is 19.5. The molecule has 1 N–H and O–H groups in total. The molecule has 4 rings (SSSR count). The van der Waals surface area contributed by atoms with Crippen molar-refractivity contribution in [2.24, 2.45) is 0 Å². The van der Waals surface area contributed by atoms with Crippen LogP contribution in [0, 0.1) is 13.8 Å². The standard InChI is InChI=1S/C21H26N6O2S2/c1-4-17-5-6-21(30-17)31(28,29)27-11-9-26(10-12-27)20-14-19(23-16(3)24-20)25-18-13-15(2)7-8-22-18/h5-8,13-14H,4,9-12H2,1-3H3,(H,22,23,24,25). The molecule has 1 saturated heterocycles. The molecule has 0 saturated carbocycles. The fraction of sp³-hybridized carbons (Fsp3) is 0.381. The lowest BCUT2D eigenvalue weighted by Crippen LogP contribution is -2.48. The molecule has 10 heteroatoms. The Morgan fingerprint density at radius 3 is 2.48 bits per heavy atom. The van der Waals surface area contributed by atoms with Crippen molar-refractivity contribution in [3.05, 3.63) is 52.8 Å². The van der Waals surface area contributed by atoms with Crippen LogP contribution in [0.2, 0.25) is 0 Å². The Hall–Kier alpha value is -2.56. The van der Waals surface area contributed by atoms with Gasteiger partial charge in [-0.1, -0.05) is 6.92 Å². The van der Waals surface area contributed by atoms with Crippen LogP contribution in [-0.4, -0.2) is 53.9 Å². The molecule has 0 atom stereocenters. The van der Waals surface area contributed by atoms with Gasteiger partial charge < -0.3 is 10.2 Å². The summed E-state index contributed by atoms with van der Waals surface area (Å²) in [7, 11) is -3.45. The highest BCUT2D eigenvalue weighted by atomic mass is 32.2. The van der Waals surface area contributed by atoms with Crippen molar-refractivity contribution in [3.63, 3.8) is 0 Å². The third-order valence-corrected chi connectivity index (χ3v) is 8.73. The molecule has 3 aromatic heterocycles. The quantitative estimate of drug-likeness (QED) is 0.605. The molecule has 4 heterocycles. The third-order valence-electron chi connectivity index (χ3n) is 5.14. The highest BCUT2D eigenvalue weighted by Gasteiger charge is 2.30. The monoisotopic (exact) mass is 458 g/mol. The Morgan fingerprint density at radius 1 is 1.03 bits per heavy atom. The number of aryl methyl sites for hydroxylation is 3. The Morgan fingerprint density at radius 2 is 1.81 bits per heavy atom. The molecule has 0 unspecified atom stereocenters. The predicted molar refractivity (Wildman–Crippen MR) is 124 cm³/mol. The molecule has 0 aromatic carbocycles. The van der Waals surface area contributed by atoms with Gasteiger partial charge >= 0.3 is 0 Å². The lowest BCUT2D eigenvalue weighted by atomic mass is 10.3. The molecule has 0 amide bonds. The molecule has 0 radical (unpaired) electrons. The first-order valence-electron chi connectivity index (χ1n) is 10.2. The van der Waals surface area contributed by atoms with E-state index < -0.39 is 10.0 Å². The summed E-state index contributed by atoms with van der Waals surface area (Å²) in [6.07, 6.45) is 2.60. The van der Waals surface area contributed by atoms with E-state index in [-0.39, 0.29) is 0 Å². The Balaban J connectivity index is 1.46. The maximum absolute atomic E-state index is 13.0. The zero-order valence-electron chi connectivity index (χ0n) is 17.9. The van der Waals surface area contributed by atoms with Gasteiger partial charge in [-0.05, 0) is 50.1 Å². The van der Waals surface area contributed by atoms with Gasteiger partial charge in [0, 0.05) is 43.3 Å². The second kappa shape index (κ2) is 8.89. The highest BCUT2D eigenvalue weighted by Crippen LogP contribution is 2.27. The Kier molecular flexibility index (Phi) is 6.22. The summed E-state index contributed by atoms with van der Waals surface area (Å²) < 4.78 is 27.9. The van der Waals surface area contributed by atoms with Gasteiger partial charge in [-0.15, -0.1) is 11.3 Å². The van der Waals surface area contributed by atoms with Crippen molar-refractivity contribution >= 4 is 38.8 Å². The van der Waals surface area contributed by atoms with Crippen LogP contribution in [0.4, 0.5) is 17.5 Å². The van der Waals surface area contributed by atoms with Gasteiger partial charge in [0.05, 0.1) is 0 Å². The van der Waals surface area contributed by atoms with E-state index in [1.54, 1.807) is 16.6 Å². The van der Waals surface area contributed by atoms with Crippen LogP contribution in [0.3, 0.4) is 0 Å². The second-order valence-electron chi connectivity index (χ2n) is 7.47. The summed E-state index contributed by atoms with van der Waals surface area (Å²) >= 11 is 1.36. The zero-order chi connectivity index (χ0) is 22.0. The number of hydrogen-bond acceptors (Lipinski definition) is 8. The summed E-state index contributed by atoms with van der Waals surface area (Å²) in [5, 5.41) is 3.23. The van der Waals surface area contributed by atoms with E-state index >= 15 is 0 Å². The van der Waals surface area contributed by atoms with Gasteiger partial charge in [-0.2, -0.15) is 4.31 Å². The summed E-state index contributed by atoms with van der Waals surface area (Å²) in [6, 6.07) is 9.39. The van der Waals surface area contributed by atoms with Gasteiger partial charge in [-0.3, -0.25) is 0 Å². The van der Waals surface area contributed by atoms with E-state index in [1.165, 1.54) is 11.3 Å². The van der Waals surface area contributed by atoms with Crippen LogP contribution >= 0.6 is 11.3 Å². The van der Waals surface area contributed by atoms with Gasteiger partial charge in [0.2, 0.25) is 0 Å². The molecule has 1 fully saturated rings. The molecule has 3 aromatic rings. The number of anilines is 3. The van der Waals surface area contributed by atoms with Gasteiger partial charge in [0.25, 0.3) is 10.0 Å². The van der Waals surface area contributed by atoms with Gasteiger partial charge in [0.1, 0.15) is 27.5 Å². The summed E-state index contributed by atoms with van der Waals surface area (Å²) in [4.78, 5) is 16.5. The van der Waals surface area contributed by atoms with E-state index in [0.29, 0.717) is 42.0 Å². The van der Waals surface area contributed by atoms with E-state index in [2.05, 4.69) is 25.2 Å². The van der Waals surface area contributed by atoms with E-state index in [1.807, 2.05) is 45.0 Å². The fourth-order valence-electron chi connectivity index (χ4n) is 3.49. The minimum absolute atomic E-state index is 0.424. The third kappa shape index (κ3) is 4.86. The number of rotatable bonds is 6. The van der Waals surface area contributed by atoms with Crippen molar-refractivity contribution < 1.29 is 8.42 Å². The van der Waals surface area contributed by atoms with Crippen LogP contribution in [0.5, 0.6) is 0 Å². The maximum Gasteiger partial charge on any atom is 0.252 e. The van der Waals surface area contributed by atoms with Crippen LogP contribution in [0.25, 0.3) is 0 Å². The van der Waals surface area contributed by atoms with Crippen molar-refractivity contribution in [1.82, 2.24) is 19.3 Å². The Labute approximate surface area is 187 Å². The first-order valence-corrected chi connectivity index (χ1v) is 12.5. The van der Waals surface area contributed by atoms with Crippen LogP contribution in [-0.2, 0) is 16.4 Å². The van der Waals surface area contributed by atoms with Gasteiger partial charge in [-0.25, -0.2) is 23.4 Å². The first kappa shape index (κ1) is 21.7. The molecule has 1 aliphatic heterocycles. The number of thiophene rings is 1. The number of nitrogens with one attached hydrogen (secondary N) is 1. The molecular weight excluding hydrogens is 432 g/mol. The largest absolute Gasteiger partial charge is 0.354 e.